The van der Waals surface area contributed by atoms with Crippen LogP contribution in [0.4, 0.5) is 0 Å². The maximum Gasteiger partial charge on any atom is 0.302 e. The van der Waals surface area contributed by atoms with Gasteiger partial charge in [0.25, 0.3) is 0 Å². The van der Waals surface area contributed by atoms with Crippen LogP contribution in [-0.4, -0.2) is 36.2 Å². The van der Waals surface area contributed by atoms with Gasteiger partial charge in [0.15, 0.2) is 6.29 Å². The Bertz CT molecular complexity index is 420. The van der Waals surface area contributed by atoms with E-state index in [-0.39, 0.29) is 24.8 Å². The fourth-order valence-electron chi connectivity index (χ4n) is 2.19. The molecule has 1 aromatic rings. The Morgan fingerprint density at radius 2 is 2.10 bits per heavy atom. The zero-order valence-corrected chi connectivity index (χ0v) is 11.5. The molecule has 1 fully saturated rings. The standard InChI is InChI=1S/C15H20O5/c1-11(16)18-10-14-7-13(8-15(17)20-14)19-9-12-5-3-2-4-6-12/h2-6,13-15,17H,7-10H2,1H3/t13-,14+,15?/m1/s1. The highest BCUT2D eigenvalue weighted by molar-refractivity contribution is 5.65. The summed E-state index contributed by atoms with van der Waals surface area (Å²) in [5.74, 6) is -0.351. The van der Waals surface area contributed by atoms with Crippen molar-refractivity contribution in [1.29, 1.82) is 0 Å². The lowest BCUT2D eigenvalue weighted by atomic mass is 10.1. The highest BCUT2D eigenvalue weighted by atomic mass is 16.6. The van der Waals surface area contributed by atoms with Gasteiger partial charge in [0.2, 0.25) is 0 Å². The highest BCUT2D eigenvalue weighted by Gasteiger charge is 2.29. The van der Waals surface area contributed by atoms with Crippen LogP contribution in [0.3, 0.4) is 0 Å². The van der Waals surface area contributed by atoms with Crippen molar-refractivity contribution in [3.05, 3.63) is 35.9 Å². The Balaban J connectivity index is 1.80. The third-order valence-electron chi connectivity index (χ3n) is 3.14. The van der Waals surface area contributed by atoms with E-state index >= 15 is 0 Å². The van der Waals surface area contributed by atoms with E-state index in [4.69, 9.17) is 14.2 Å². The van der Waals surface area contributed by atoms with E-state index in [0.717, 1.165) is 5.56 Å². The number of benzene rings is 1. The van der Waals surface area contributed by atoms with Crippen LogP contribution in [0.2, 0.25) is 0 Å². The normalized spacial score (nSPS) is 26.2. The summed E-state index contributed by atoms with van der Waals surface area (Å²) in [5.41, 5.74) is 1.09. The molecular weight excluding hydrogens is 260 g/mol. The minimum atomic E-state index is -0.870. The second-order valence-corrected chi connectivity index (χ2v) is 4.91. The summed E-state index contributed by atoms with van der Waals surface area (Å²) in [6.07, 6.45) is -0.242. The molecule has 5 heteroatoms. The van der Waals surface area contributed by atoms with E-state index in [1.54, 1.807) is 0 Å². The van der Waals surface area contributed by atoms with Gasteiger partial charge in [-0.3, -0.25) is 4.79 Å². The summed E-state index contributed by atoms with van der Waals surface area (Å²) in [7, 11) is 0. The first kappa shape index (κ1) is 15.0. The van der Waals surface area contributed by atoms with Gasteiger partial charge in [-0.05, 0) is 5.56 Å². The van der Waals surface area contributed by atoms with E-state index < -0.39 is 6.29 Å². The zero-order valence-electron chi connectivity index (χ0n) is 11.5. The van der Waals surface area contributed by atoms with Gasteiger partial charge >= 0.3 is 5.97 Å². The molecule has 1 aromatic carbocycles. The number of hydrogen-bond acceptors (Lipinski definition) is 5. The Hall–Kier alpha value is -1.43. The molecule has 0 radical (unpaired) electrons. The summed E-state index contributed by atoms with van der Waals surface area (Å²) in [6, 6.07) is 9.86. The van der Waals surface area contributed by atoms with E-state index in [1.165, 1.54) is 6.92 Å². The van der Waals surface area contributed by atoms with Crippen molar-refractivity contribution in [2.45, 2.75) is 44.9 Å². The molecule has 1 unspecified atom stereocenters. The molecule has 0 amide bonds. The van der Waals surface area contributed by atoms with Crippen molar-refractivity contribution in [2.24, 2.45) is 0 Å². The van der Waals surface area contributed by atoms with Crippen LogP contribution < -0.4 is 0 Å². The zero-order chi connectivity index (χ0) is 14.4. The topological polar surface area (TPSA) is 65.0 Å². The molecule has 110 valence electrons. The fourth-order valence-corrected chi connectivity index (χ4v) is 2.19. The van der Waals surface area contributed by atoms with Crippen LogP contribution >= 0.6 is 0 Å². The van der Waals surface area contributed by atoms with Gasteiger partial charge in [-0.1, -0.05) is 30.3 Å². The van der Waals surface area contributed by atoms with Gasteiger partial charge in [-0.2, -0.15) is 0 Å². The summed E-state index contributed by atoms with van der Waals surface area (Å²) in [5, 5.41) is 9.67. The van der Waals surface area contributed by atoms with E-state index in [2.05, 4.69) is 0 Å². The maximum absolute atomic E-state index is 10.8. The first-order valence-corrected chi connectivity index (χ1v) is 6.76. The van der Waals surface area contributed by atoms with E-state index in [9.17, 15) is 9.90 Å². The molecule has 1 saturated heterocycles. The summed E-state index contributed by atoms with van der Waals surface area (Å²) >= 11 is 0. The second-order valence-electron chi connectivity index (χ2n) is 4.91. The van der Waals surface area contributed by atoms with Crippen LogP contribution in [0.25, 0.3) is 0 Å². The lowest BCUT2D eigenvalue weighted by Crippen LogP contribution is -2.39. The number of esters is 1. The number of carbonyl (C=O) groups is 1. The smallest absolute Gasteiger partial charge is 0.302 e. The van der Waals surface area contributed by atoms with E-state index in [0.29, 0.717) is 19.4 Å². The predicted molar refractivity (Wildman–Crippen MR) is 71.8 cm³/mol. The number of hydrogen-bond donors (Lipinski definition) is 1. The SMILES string of the molecule is CC(=O)OC[C@@H]1C[C@@H](OCc2ccccc2)CC(O)O1. The lowest BCUT2D eigenvalue weighted by molar-refractivity contribution is -0.211. The molecule has 0 spiro atoms. The summed E-state index contributed by atoms with van der Waals surface area (Å²) in [6.45, 7) is 2.00. The highest BCUT2D eigenvalue weighted by Crippen LogP contribution is 2.22. The largest absolute Gasteiger partial charge is 0.463 e. The summed E-state index contributed by atoms with van der Waals surface area (Å²) in [4.78, 5) is 10.8. The molecule has 0 aliphatic carbocycles. The van der Waals surface area contributed by atoms with Gasteiger partial charge in [-0.15, -0.1) is 0 Å². The molecule has 0 aromatic heterocycles. The lowest BCUT2D eigenvalue weighted by Gasteiger charge is -2.32. The van der Waals surface area contributed by atoms with Crippen molar-refractivity contribution >= 4 is 5.97 Å². The quantitative estimate of drug-likeness (QED) is 0.830. The number of ether oxygens (including phenoxy) is 3. The predicted octanol–water partition coefficient (Wildman–Crippen LogP) is 1.63. The van der Waals surface area contributed by atoms with Gasteiger partial charge in [-0.25, -0.2) is 0 Å². The number of carbonyl (C=O) groups excluding carboxylic acids is 1. The third-order valence-corrected chi connectivity index (χ3v) is 3.14. The van der Waals surface area contributed by atoms with Crippen molar-refractivity contribution in [3.8, 4) is 0 Å². The maximum atomic E-state index is 10.8. The minimum absolute atomic E-state index is 0.0977. The molecule has 2 rings (SSSR count). The Morgan fingerprint density at radius 3 is 2.80 bits per heavy atom. The van der Waals surface area contributed by atoms with Crippen LogP contribution in [0.15, 0.2) is 30.3 Å². The Morgan fingerprint density at radius 1 is 1.35 bits per heavy atom. The third kappa shape index (κ3) is 4.92. The van der Waals surface area contributed by atoms with Gasteiger partial charge in [0, 0.05) is 19.8 Å². The molecule has 5 nitrogen and oxygen atoms in total. The van der Waals surface area contributed by atoms with Crippen molar-refractivity contribution in [2.75, 3.05) is 6.61 Å². The molecule has 1 aliphatic heterocycles. The van der Waals surface area contributed by atoms with Crippen LogP contribution in [-0.2, 0) is 25.6 Å². The van der Waals surface area contributed by atoms with Crippen LogP contribution in [0.1, 0.15) is 25.3 Å². The van der Waals surface area contributed by atoms with Crippen molar-refractivity contribution in [1.82, 2.24) is 0 Å². The number of rotatable bonds is 5. The average Bonchev–Trinajstić information content (AvgIpc) is 2.44. The molecule has 20 heavy (non-hydrogen) atoms. The molecule has 1 N–H and O–H groups in total. The van der Waals surface area contributed by atoms with Crippen molar-refractivity contribution < 1.29 is 24.1 Å². The number of aliphatic hydroxyl groups excluding tert-OH is 1. The molecule has 1 aliphatic rings. The first-order valence-electron chi connectivity index (χ1n) is 6.76. The van der Waals surface area contributed by atoms with Crippen LogP contribution in [0, 0.1) is 0 Å². The molecule has 0 bridgehead atoms. The molecule has 1 heterocycles. The second kappa shape index (κ2) is 7.38. The first-order chi connectivity index (χ1) is 9.63. The summed E-state index contributed by atoms with van der Waals surface area (Å²) < 4.78 is 16.0. The average molecular weight is 280 g/mol. The fraction of sp³-hybridized carbons (Fsp3) is 0.533. The molecule has 0 saturated carbocycles. The van der Waals surface area contributed by atoms with Crippen molar-refractivity contribution in [3.63, 3.8) is 0 Å². The Kier molecular flexibility index (Phi) is 5.52. The Labute approximate surface area is 118 Å². The molecule has 3 atom stereocenters. The minimum Gasteiger partial charge on any atom is -0.463 e. The van der Waals surface area contributed by atoms with Gasteiger partial charge in [0.05, 0.1) is 18.8 Å². The van der Waals surface area contributed by atoms with Crippen LogP contribution in [0.5, 0.6) is 0 Å². The number of aliphatic hydroxyl groups is 1. The monoisotopic (exact) mass is 280 g/mol. The molecular formula is C15H20O5. The van der Waals surface area contributed by atoms with Gasteiger partial charge in [0.1, 0.15) is 6.61 Å². The van der Waals surface area contributed by atoms with E-state index in [1.807, 2.05) is 30.3 Å². The van der Waals surface area contributed by atoms with Gasteiger partial charge < -0.3 is 19.3 Å².